The average molecular weight is 288 g/mol. The molecule has 114 valence electrons. The van der Waals surface area contributed by atoms with Gasteiger partial charge in [-0.15, -0.1) is 0 Å². The number of pyridine rings is 1. The Kier molecular flexibility index (Phi) is 3.69. The fraction of sp³-hybridized carbons (Fsp3) is 0.706. The van der Waals surface area contributed by atoms with Crippen LogP contribution in [0.15, 0.2) is 24.4 Å². The van der Waals surface area contributed by atoms with Crippen LogP contribution < -0.4 is 0 Å². The second-order valence-corrected chi connectivity index (χ2v) is 6.70. The van der Waals surface area contributed by atoms with E-state index in [4.69, 9.17) is 9.47 Å². The Balaban J connectivity index is 1.35. The fourth-order valence-electron chi connectivity index (χ4n) is 4.02. The Morgan fingerprint density at radius 2 is 2.00 bits per heavy atom. The van der Waals surface area contributed by atoms with E-state index in [9.17, 15) is 0 Å². The van der Waals surface area contributed by atoms with Crippen LogP contribution in [0.2, 0.25) is 0 Å². The summed E-state index contributed by atoms with van der Waals surface area (Å²) < 4.78 is 11.7. The van der Waals surface area contributed by atoms with Crippen molar-refractivity contribution in [2.75, 3.05) is 32.9 Å². The van der Waals surface area contributed by atoms with Gasteiger partial charge in [0.25, 0.3) is 0 Å². The van der Waals surface area contributed by atoms with Crippen molar-refractivity contribution in [3.8, 4) is 0 Å². The molecule has 1 aromatic rings. The van der Waals surface area contributed by atoms with E-state index in [1.54, 1.807) is 0 Å². The quantitative estimate of drug-likeness (QED) is 0.835. The lowest BCUT2D eigenvalue weighted by Gasteiger charge is -2.51. The summed E-state index contributed by atoms with van der Waals surface area (Å²) in [5, 5.41) is 0. The molecule has 4 rings (SSSR count). The predicted molar refractivity (Wildman–Crippen MR) is 80.3 cm³/mol. The molecular formula is C17H24N2O2. The maximum absolute atomic E-state index is 6.15. The molecule has 4 nitrogen and oxygen atoms in total. The minimum absolute atomic E-state index is 0.108. The van der Waals surface area contributed by atoms with Crippen molar-refractivity contribution >= 4 is 0 Å². The van der Waals surface area contributed by atoms with Gasteiger partial charge in [0.2, 0.25) is 0 Å². The molecule has 0 bridgehead atoms. The first-order valence-corrected chi connectivity index (χ1v) is 8.21. The van der Waals surface area contributed by atoms with Crippen molar-refractivity contribution in [1.29, 1.82) is 0 Å². The van der Waals surface area contributed by atoms with Crippen LogP contribution in [0.4, 0.5) is 0 Å². The maximum atomic E-state index is 6.15. The van der Waals surface area contributed by atoms with Crippen molar-refractivity contribution in [3.63, 3.8) is 0 Å². The first-order valence-electron chi connectivity index (χ1n) is 8.21. The van der Waals surface area contributed by atoms with Gasteiger partial charge >= 0.3 is 0 Å². The Labute approximate surface area is 126 Å². The number of likely N-dealkylation sites (tertiary alicyclic amines) is 1. The minimum atomic E-state index is 0.108. The molecule has 1 spiro atoms. The van der Waals surface area contributed by atoms with E-state index in [1.807, 2.05) is 12.3 Å². The van der Waals surface area contributed by atoms with E-state index in [0.717, 1.165) is 45.8 Å². The smallest absolute Gasteiger partial charge is 0.0741 e. The third-order valence-corrected chi connectivity index (χ3v) is 5.40. The lowest BCUT2D eigenvalue weighted by molar-refractivity contribution is -0.156. The summed E-state index contributed by atoms with van der Waals surface area (Å²) >= 11 is 0. The van der Waals surface area contributed by atoms with Crippen LogP contribution in [0.1, 0.15) is 37.3 Å². The SMILES string of the molecule is c1ccc(C2CN(C3CCOC4(CCOCC4)C3)C2)nc1. The Bertz CT molecular complexity index is 461. The minimum Gasteiger partial charge on any atom is -0.381 e. The van der Waals surface area contributed by atoms with Crippen LogP contribution in [0.3, 0.4) is 0 Å². The molecule has 0 aliphatic carbocycles. The first kappa shape index (κ1) is 13.7. The molecule has 0 amide bonds. The summed E-state index contributed by atoms with van der Waals surface area (Å²) in [6, 6.07) is 6.94. The fourth-order valence-corrected chi connectivity index (χ4v) is 4.02. The highest BCUT2D eigenvalue weighted by Crippen LogP contribution is 2.39. The third kappa shape index (κ3) is 2.72. The van der Waals surface area contributed by atoms with Crippen LogP contribution in [0.25, 0.3) is 0 Å². The topological polar surface area (TPSA) is 34.6 Å². The second kappa shape index (κ2) is 5.67. The molecular weight excluding hydrogens is 264 g/mol. The highest BCUT2D eigenvalue weighted by Gasteiger charge is 2.43. The summed E-state index contributed by atoms with van der Waals surface area (Å²) in [4.78, 5) is 7.13. The molecule has 0 N–H and O–H groups in total. The lowest BCUT2D eigenvalue weighted by atomic mass is 9.81. The van der Waals surface area contributed by atoms with Crippen LogP contribution >= 0.6 is 0 Å². The van der Waals surface area contributed by atoms with Crippen LogP contribution in [-0.2, 0) is 9.47 Å². The van der Waals surface area contributed by atoms with Crippen molar-refractivity contribution in [3.05, 3.63) is 30.1 Å². The van der Waals surface area contributed by atoms with E-state index < -0.39 is 0 Å². The first-order chi connectivity index (χ1) is 10.3. The molecule has 21 heavy (non-hydrogen) atoms. The average Bonchev–Trinajstić information content (AvgIpc) is 2.48. The zero-order valence-electron chi connectivity index (χ0n) is 12.5. The number of ether oxygens (including phenoxy) is 2. The number of aromatic nitrogens is 1. The van der Waals surface area contributed by atoms with E-state index >= 15 is 0 Å². The zero-order chi connectivity index (χ0) is 14.1. The van der Waals surface area contributed by atoms with Gasteiger partial charge in [-0.25, -0.2) is 0 Å². The van der Waals surface area contributed by atoms with Crippen LogP contribution in [0, 0.1) is 0 Å². The summed E-state index contributed by atoms with van der Waals surface area (Å²) in [5.41, 5.74) is 1.36. The summed E-state index contributed by atoms with van der Waals surface area (Å²) in [7, 11) is 0. The zero-order valence-corrected chi connectivity index (χ0v) is 12.5. The monoisotopic (exact) mass is 288 g/mol. The molecule has 3 aliphatic rings. The van der Waals surface area contributed by atoms with E-state index in [-0.39, 0.29) is 5.60 Å². The number of nitrogens with zero attached hydrogens (tertiary/aromatic N) is 2. The Hall–Kier alpha value is -0.970. The lowest BCUT2D eigenvalue weighted by Crippen LogP contribution is -2.57. The Morgan fingerprint density at radius 3 is 2.76 bits per heavy atom. The molecule has 0 aromatic carbocycles. The molecule has 3 aliphatic heterocycles. The molecule has 1 unspecified atom stereocenters. The molecule has 4 heterocycles. The van der Waals surface area contributed by atoms with Crippen molar-refractivity contribution in [2.24, 2.45) is 0 Å². The normalized spacial score (nSPS) is 30.2. The highest BCUT2D eigenvalue weighted by molar-refractivity contribution is 5.15. The van der Waals surface area contributed by atoms with E-state index in [0.29, 0.717) is 12.0 Å². The Morgan fingerprint density at radius 1 is 1.14 bits per heavy atom. The molecule has 0 saturated carbocycles. The molecule has 1 aromatic heterocycles. The van der Waals surface area contributed by atoms with Gasteiger partial charge in [-0.3, -0.25) is 9.88 Å². The van der Waals surface area contributed by atoms with Gasteiger partial charge in [0, 0.05) is 56.8 Å². The van der Waals surface area contributed by atoms with Crippen molar-refractivity contribution in [1.82, 2.24) is 9.88 Å². The third-order valence-electron chi connectivity index (χ3n) is 5.40. The molecule has 3 fully saturated rings. The number of hydrogen-bond acceptors (Lipinski definition) is 4. The van der Waals surface area contributed by atoms with Gasteiger partial charge in [-0.05, 0) is 37.8 Å². The molecule has 4 heteroatoms. The van der Waals surface area contributed by atoms with Gasteiger partial charge in [0.05, 0.1) is 5.60 Å². The summed E-state index contributed by atoms with van der Waals surface area (Å²) in [6.45, 7) is 4.96. The highest BCUT2D eigenvalue weighted by atomic mass is 16.5. The summed E-state index contributed by atoms with van der Waals surface area (Å²) in [5.74, 6) is 0.625. The van der Waals surface area contributed by atoms with E-state index in [2.05, 4.69) is 22.0 Å². The van der Waals surface area contributed by atoms with Crippen LogP contribution in [-0.4, -0.2) is 54.4 Å². The summed E-state index contributed by atoms with van der Waals surface area (Å²) in [6.07, 6.45) is 6.41. The largest absolute Gasteiger partial charge is 0.381 e. The number of hydrogen-bond donors (Lipinski definition) is 0. The van der Waals surface area contributed by atoms with Gasteiger partial charge in [-0.1, -0.05) is 6.07 Å². The van der Waals surface area contributed by atoms with Crippen LogP contribution in [0.5, 0.6) is 0 Å². The molecule has 1 atom stereocenters. The molecule has 3 saturated heterocycles. The van der Waals surface area contributed by atoms with Crippen molar-refractivity contribution in [2.45, 2.75) is 43.2 Å². The standard InChI is InChI=1S/C17H24N2O2/c1-2-7-18-16(3-1)14-12-19(13-14)15-4-8-21-17(11-15)5-9-20-10-6-17/h1-3,7,14-15H,4-6,8-13H2. The van der Waals surface area contributed by atoms with E-state index in [1.165, 1.54) is 18.5 Å². The molecule has 0 radical (unpaired) electrons. The predicted octanol–water partition coefficient (Wildman–Crippen LogP) is 2.21. The van der Waals surface area contributed by atoms with Crippen molar-refractivity contribution < 1.29 is 9.47 Å². The maximum Gasteiger partial charge on any atom is 0.0741 e. The number of rotatable bonds is 2. The van der Waals surface area contributed by atoms with Gasteiger partial charge in [-0.2, -0.15) is 0 Å². The second-order valence-electron chi connectivity index (χ2n) is 6.70. The van der Waals surface area contributed by atoms with Gasteiger partial charge < -0.3 is 9.47 Å². The van der Waals surface area contributed by atoms with Gasteiger partial charge in [0.1, 0.15) is 0 Å². The van der Waals surface area contributed by atoms with Gasteiger partial charge in [0.15, 0.2) is 0 Å².